The van der Waals surface area contributed by atoms with Crippen molar-refractivity contribution >= 4 is 18.3 Å². The van der Waals surface area contributed by atoms with Crippen LogP contribution in [0.4, 0.5) is 0 Å². The molecule has 2 unspecified atom stereocenters. The monoisotopic (exact) mass is 418 g/mol. The smallest absolute Gasteiger partial charge is 0.224 e. The van der Waals surface area contributed by atoms with Crippen molar-refractivity contribution in [3.63, 3.8) is 0 Å². The van der Waals surface area contributed by atoms with Gasteiger partial charge in [-0.15, -0.1) is 12.4 Å². The molecule has 2 aromatic rings. The summed E-state index contributed by atoms with van der Waals surface area (Å²) in [6, 6.07) is 14.0. The molecule has 0 spiro atoms. The van der Waals surface area contributed by atoms with Crippen molar-refractivity contribution in [2.24, 2.45) is 5.92 Å². The maximum atomic E-state index is 12.9. The van der Waals surface area contributed by atoms with Gasteiger partial charge < -0.3 is 20.1 Å². The summed E-state index contributed by atoms with van der Waals surface area (Å²) in [6.07, 6.45) is 2.70. The fraction of sp³-hybridized carbons (Fsp3) is 0.435. The summed E-state index contributed by atoms with van der Waals surface area (Å²) in [4.78, 5) is 12.9. The van der Waals surface area contributed by atoms with Gasteiger partial charge in [0.1, 0.15) is 0 Å². The molecule has 1 heterocycles. The second-order valence-electron chi connectivity index (χ2n) is 7.35. The molecular formula is C23H31ClN2O3. The first-order valence-corrected chi connectivity index (χ1v) is 9.90. The van der Waals surface area contributed by atoms with Crippen molar-refractivity contribution in [1.29, 1.82) is 0 Å². The lowest BCUT2D eigenvalue weighted by molar-refractivity contribution is -0.126. The predicted molar refractivity (Wildman–Crippen MR) is 118 cm³/mol. The Morgan fingerprint density at radius 2 is 1.93 bits per heavy atom. The summed E-state index contributed by atoms with van der Waals surface area (Å²) >= 11 is 0. The Bertz CT molecular complexity index is 806. The average molecular weight is 419 g/mol. The molecule has 2 atom stereocenters. The first-order valence-electron chi connectivity index (χ1n) is 9.90. The van der Waals surface area contributed by atoms with Gasteiger partial charge in [0.2, 0.25) is 5.91 Å². The largest absolute Gasteiger partial charge is 0.493 e. The molecular weight excluding hydrogens is 388 g/mol. The summed E-state index contributed by atoms with van der Waals surface area (Å²) in [7, 11) is 3.25. The van der Waals surface area contributed by atoms with Crippen molar-refractivity contribution in [3.8, 4) is 11.5 Å². The normalized spacial score (nSPS) is 17.0. The lowest BCUT2D eigenvalue weighted by Crippen LogP contribution is -2.42. The molecule has 5 nitrogen and oxygen atoms in total. The second kappa shape index (κ2) is 11.1. The van der Waals surface area contributed by atoms with E-state index in [1.165, 1.54) is 11.1 Å². The van der Waals surface area contributed by atoms with E-state index in [-0.39, 0.29) is 30.3 Å². The molecule has 1 aliphatic heterocycles. The number of rotatable bonds is 7. The van der Waals surface area contributed by atoms with Crippen LogP contribution in [0, 0.1) is 12.8 Å². The average Bonchev–Trinajstić information content (AvgIpc) is 2.74. The number of carbonyl (C=O) groups is 1. The minimum absolute atomic E-state index is 0. The van der Waals surface area contributed by atoms with Gasteiger partial charge in [-0.1, -0.05) is 30.3 Å². The quantitative estimate of drug-likeness (QED) is 0.717. The van der Waals surface area contributed by atoms with Crippen LogP contribution in [0.1, 0.15) is 35.6 Å². The molecule has 2 aromatic carbocycles. The van der Waals surface area contributed by atoms with Gasteiger partial charge in [-0.2, -0.15) is 0 Å². The summed E-state index contributed by atoms with van der Waals surface area (Å²) in [6.45, 7) is 3.84. The number of ether oxygens (including phenoxy) is 2. The molecule has 0 aromatic heterocycles. The number of hydrogen-bond donors (Lipinski definition) is 2. The van der Waals surface area contributed by atoms with Crippen LogP contribution in [0.2, 0.25) is 0 Å². The van der Waals surface area contributed by atoms with Crippen LogP contribution < -0.4 is 20.1 Å². The maximum absolute atomic E-state index is 12.9. The third-order valence-corrected chi connectivity index (χ3v) is 5.48. The lowest BCUT2D eigenvalue weighted by atomic mass is 9.93. The number of methoxy groups -OCH3 is 2. The van der Waals surface area contributed by atoms with E-state index in [0.717, 1.165) is 37.9 Å². The number of aryl methyl sites for hydroxylation is 1. The Labute approximate surface area is 179 Å². The molecule has 0 radical (unpaired) electrons. The molecule has 1 fully saturated rings. The number of nitrogens with one attached hydrogen (secondary N) is 2. The number of piperidine rings is 1. The highest BCUT2D eigenvalue weighted by Crippen LogP contribution is 2.31. The molecule has 1 amide bonds. The Balaban J connectivity index is 0.00000300. The second-order valence-corrected chi connectivity index (χ2v) is 7.35. The first kappa shape index (κ1) is 23.0. The van der Waals surface area contributed by atoms with Crippen LogP contribution in [0.15, 0.2) is 42.5 Å². The third kappa shape index (κ3) is 5.87. The zero-order valence-electron chi connectivity index (χ0n) is 17.4. The topological polar surface area (TPSA) is 59.6 Å². The molecule has 0 aliphatic carbocycles. The van der Waals surface area contributed by atoms with Crippen LogP contribution in [-0.4, -0.2) is 33.2 Å². The summed E-state index contributed by atoms with van der Waals surface area (Å²) in [5, 5.41) is 6.62. The van der Waals surface area contributed by atoms with Crippen molar-refractivity contribution in [2.75, 3.05) is 27.3 Å². The van der Waals surface area contributed by atoms with Gasteiger partial charge in [0.05, 0.1) is 26.2 Å². The van der Waals surface area contributed by atoms with E-state index >= 15 is 0 Å². The summed E-state index contributed by atoms with van der Waals surface area (Å²) < 4.78 is 10.8. The molecule has 158 valence electrons. The number of hydrogen-bond acceptors (Lipinski definition) is 4. The Hall–Kier alpha value is -2.24. The van der Waals surface area contributed by atoms with Gasteiger partial charge >= 0.3 is 0 Å². The fourth-order valence-electron chi connectivity index (χ4n) is 3.75. The first-order chi connectivity index (χ1) is 13.6. The SMILES string of the molecule is COc1ccc(C(Cc2ccccc2C)NC(=O)C2CCCNC2)cc1OC.Cl. The van der Waals surface area contributed by atoms with Crippen molar-refractivity contribution in [3.05, 3.63) is 59.2 Å². The number of halogens is 1. The van der Waals surface area contributed by atoms with Gasteiger partial charge in [0.25, 0.3) is 0 Å². The summed E-state index contributed by atoms with van der Waals surface area (Å²) in [5.41, 5.74) is 3.46. The van der Waals surface area contributed by atoms with Crippen molar-refractivity contribution in [2.45, 2.75) is 32.2 Å². The number of carbonyl (C=O) groups excluding carboxylic acids is 1. The van der Waals surface area contributed by atoms with E-state index in [9.17, 15) is 4.79 Å². The zero-order valence-corrected chi connectivity index (χ0v) is 18.2. The Morgan fingerprint density at radius 3 is 2.59 bits per heavy atom. The summed E-state index contributed by atoms with van der Waals surface area (Å²) in [5.74, 6) is 1.49. The predicted octanol–water partition coefficient (Wildman–Crippen LogP) is 3.83. The van der Waals surface area contributed by atoms with E-state index in [2.05, 4.69) is 29.7 Å². The Kier molecular flexibility index (Phi) is 8.80. The highest BCUT2D eigenvalue weighted by molar-refractivity contribution is 5.85. The van der Waals surface area contributed by atoms with E-state index in [1.54, 1.807) is 14.2 Å². The molecule has 1 saturated heterocycles. The van der Waals surface area contributed by atoms with E-state index in [0.29, 0.717) is 11.5 Å². The van der Waals surface area contributed by atoms with Crippen molar-refractivity contribution in [1.82, 2.24) is 10.6 Å². The standard InChI is InChI=1S/C23H30N2O3.ClH/c1-16-7-4-5-8-17(16)13-20(25-23(26)19-9-6-12-24-15-19)18-10-11-21(27-2)22(14-18)28-3;/h4-5,7-8,10-11,14,19-20,24H,6,9,12-13,15H2,1-3H3,(H,25,26);1H. The zero-order chi connectivity index (χ0) is 19.9. The van der Waals surface area contributed by atoms with Gasteiger partial charge in [0.15, 0.2) is 11.5 Å². The molecule has 0 bridgehead atoms. The van der Waals surface area contributed by atoms with Crippen LogP contribution in [-0.2, 0) is 11.2 Å². The molecule has 2 N–H and O–H groups in total. The van der Waals surface area contributed by atoms with Crippen LogP contribution in [0.25, 0.3) is 0 Å². The van der Waals surface area contributed by atoms with E-state index in [1.807, 2.05) is 30.3 Å². The number of benzene rings is 2. The minimum atomic E-state index is -0.129. The van der Waals surface area contributed by atoms with E-state index in [4.69, 9.17) is 9.47 Å². The minimum Gasteiger partial charge on any atom is -0.493 e. The van der Waals surface area contributed by atoms with Crippen LogP contribution in [0.5, 0.6) is 11.5 Å². The third-order valence-electron chi connectivity index (χ3n) is 5.48. The van der Waals surface area contributed by atoms with Gasteiger partial charge in [0, 0.05) is 6.54 Å². The molecule has 3 rings (SSSR count). The fourth-order valence-corrected chi connectivity index (χ4v) is 3.75. The lowest BCUT2D eigenvalue weighted by Gasteiger charge is -2.26. The highest BCUT2D eigenvalue weighted by Gasteiger charge is 2.25. The van der Waals surface area contributed by atoms with E-state index < -0.39 is 0 Å². The van der Waals surface area contributed by atoms with Gasteiger partial charge in [-0.25, -0.2) is 0 Å². The van der Waals surface area contributed by atoms with Gasteiger partial charge in [-0.05, 0) is 61.6 Å². The van der Waals surface area contributed by atoms with Crippen LogP contribution in [0.3, 0.4) is 0 Å². The maximum Gasteiger partial charge on any atom is 0.224 e. The van der Waals surface area contributed by atoms with Crippen LogP contribution >= 0.6 is 12.4 Å². The number of amides is 1. The molecule has 1 aliphatic rings. The molecule has 29 heavy (non-hydrogen) atoms. The molecule has 6 heteroatoms. The van der Waals surface area contributed by atoms with Crippen molar-refractivity contribution < 1.29 is 14.3 Å². The van der Waals surface area contributed by atoms with Gasteiger partial charge in [-0.3, -0.25) is 4.79 Å². The Morgan fingerprint density at radius 1 is 1.17 bits per heavy atom. The molecule has 0 saturated carbocycles. The highest BCUT2D eigenvalue weighted by atomic mass is 35.5.